The van der Waals surface area contributed by atoms with E-state index in [0.29, 0.717) is 16.7 Å². The lowest BCUT2D eigenvalue weighted by molar-refractivity contribution is 0.0225. The Balaban J connectivity index is 1.63. The molecule has 0 N–H and O–H groups in total. The molecular formula is C27H34F2O. The van der Waals surface area contributed by atoms with Crippen molar-refractivity contribution in [1.29, 1.82) is 0 Å². The summed E-state index contributed by atoms with van der Waals surface area (Å²) in [6, 6.07) is 11.2. The first kappa shape index (κ1) is 22.7. The van der Waals surface area contributed by atoms with E-state index in [1.807, 2.05) is 30.3 Å². The van der Waals surface area contributed by atoms with Crippen LogP contribution in [-0.2, 0) is 11.2 Å². The summed E-state index contributed by atoms with van der Waals surface area (Å²) in [6.07, 6.45) is 11.0. The molecule has 1 aliphatic carbocycles. The first-order valence-corrected chi connectivity index (χ1v) is 11.4. The van der Waals surface area contributed by atoms with E-state index in [-0.39, 0.29) is 12.0 Å². The molecule has 0 atom stereocenters. The van der Waals surface area contributed by atoms with Crippen LogP contribution in [0.25, 0.3) is 11.1 Å². The van der Waals surface area contributed by atoms with Crippen molar-refractivity contribution in [2.24, 2.45) is 0 Å². The Labute approximate surface area is 180 Å². The van der Waals surface area contributed by atoms with E-state index >= 15 is 0 Å². The van der Waals surface area contributed by atoms with Crippen molar-refractivity contribution in [3.63, 3.8) is 0 Å². The largest absolute Gasteiger partial charge is 0.378 e. The molecule has 0 spiro atoms. The molecular weight excluding hydrogens is 378 g/mol. The lowest BCUT2D eigenvalue weighted by Gasteiger charge is -2.29. The van der Waals surface area contributed by atoms with Crippen LogP contribution in [0.3, 0.4) is 0 Å². The van der Waals surface area contributed by atoms with Gasteiger partial charge >= 0.3 is 0 Å². The number of hydrogen-bond donors (Lipinski definition) is 0. The molecule has 0 aromatic heterocycles. The molecule has 1 nitrogen and oxygen atoms in total. The van der Waals surface area contributed by atoms with Crippen LogP contribution >= 0.6 is 0 Å². The standard InChI is InChI=1S/C27H34F2O/c1-3-5-7-19-30-23-15-13-22(14-16-23)25-18-17-24(26(28)27(25)29)21-11-9-20(10-12-21)8-6-4-2/h4,9-12,17-18,22-23H,2-3,5-8,13-16,19H2,1H3. The molecule has 1 fully saturated rings. The van der Waals surface area contributed by atoms with Gasteiger partial charge in [-0.1, -0.05) is 62.2 Å². The third-order valence-corrected chi connectivity index (χ3v) is 6.23. The molecule has 0 bridgehead atoms. The molecule has 162 valence electrons. The van der Waals surface area contributed by atoms with Gasteiger partial charge in [0.25, 0.3) is 0 Å². The van der Waals surface area contributed by atoms with Crippen LogP contribution in [0.5, 0.6) is 0 Å². The summed E-state index contributed by atoms with van der Waals surface area (Å²) in [7, 11) is 0. The minimum absolute atomic E-state index is 0.0744. The molecule has 0 radical (unpaired) electrons. The molecule has 1 saturated carbocycles. The molecule has 3 rings (SSSR count). The van der Waals surface area contributed by atoms with Gasteiger partial charge in [0.1, 0.15) is 0 Å². The summed E-state index contributed by atoms with van der Waals surface area (Å²) in [5.74, 6) is -1.34. The van der Waals surface area contributed by atoms with Crippen molar-refractivity contribution < 1.29 is 13.5 Å². The van der Waals surface area contributed by atoms with Gasteiger partial charge in [0.05, 0.1) is 6.10 Å². The van der Waals surface area contributed by atoms with Crippen molar-refractivity contribution >= 4 is 0 Å². The van der Waals surface area contributed by atoms with Crippen LogP contribution in [0.15, 0.2) is 49.1 Å². The van der Waals surface area contributed by atoms with Crippen LogP contribution in [0.1, 0.15) is 75.3 Å². The molecule has 1 aliphatic rings. The van der Waals surface area contributed by atoms with Gasteiger partial charge in [0.2, 0.25) is 0 Å². The zero-order valence-corrected chi connectivity index (χ0v) is 18.1. The average molecular weight is 413 g/mol. The van der Waals surface area contributed by atoms with E-state index in [1.54, 1.807) is 12.1 Å². The monoisotopic (exact) mass is 412 g/mol. The van der Waals surface area contributed by atoms with Crippen molar-refractivity contribution in [3.05, 3.63) is 71.8 Å². The third-order valence-electron chi connectivity index (χ3n) is 6.23. The van der Waals surface area contributed by atoms with Crippen molar-refractivity contribution in [2.45, 2.75) is 76.7 Å². The summed E-state index contributed by atoms with van der Waals surface area (Å²) in [6.45, 7) is 6.73. The second kappa shape index (κ2) is 11.4. The Morgan fingerprint density at radius 2 is 1.70 bits per heavy atom. The van der Waals surface area contributed by atoms with Crippen LogP contribution < -0.4 is 0 Å². The highest BCUT2D eigenvalue weighted by atomic mass is 19.2. The Kier molecular flexibility index (Phi) is 8.62. The molecule has 0 saturated heterocycles. The fourth-order valence-electron chi connectivity index (χ4n) is 4.36. The maximum absolute atomic E-state index is 14.9. The lowest BCUT2D eigenvalue weighted by Crippen LogP contribution is -2.22. The van der Waals surface area contributed by atoms with Crippen molar-refractivity contribution in [1.82, 2.24) is 0 Å². The molecule has 2 aromatic carbocycles. The zero-order chi connectivity index (χ0) is 21.3. The fraction of sp³-hybridized carbons (Fsp3) is 0.481. The molecule has 0 aliphatic heterocycles. The van der Waals surface area contributed by atoms with Gasteiger partial charge in [0.15, 0.2) is 11.6 Å². The maximum atomic E-state index is 14.9. The summed E-state index contributed by atoms with van der Waals surface area (Å²) < 4.78 is 35.8. The van der Waals surface area contributed by atoms with Gasteiger partial charge in [-0.05, 0) is 67.6 Å². The van der Waals surface area contributed by atoms with Gasteiger partial charge < -0.3 is 4.74 Å². The SMILES string of the molecule is C=CCCc1ccc(-c2ccc(C3CCC(OCCCCC)CC3)c(F)c2F)cc1. The van der Waals surface area contributed by atoms with Gasteiger partial charge in [-0.2, -0.15) is 0 Å². The molecule has 2 aromatic rings. The lowest BCUT2D eigenvalue weighted by atomic mass is 9.82. The van der Waals surface area contributed by atoms with E-state index < -0.39 is 11.6 Å². The minimum atomic E-state index is -0.732. The molecule has 0 amide bonds. The number of rotatable bonds is 10. The number of allylic oxidation sites excluding steroid dienone is 1. The fourth-order valence-corrected chi connectivity index (χ4v) is 4.36. The first-order valence-electron chi connectivity index (χ1n) is 11.4. The number of benzene rings is 2. The second-order valence-corrected chi connectivity index (χ2v) is 8.41. The maximum Gasteiger partial charge on any atom is 0.166 e. The van der Waals surface area contributed by atoms with Crippen LogP contribution in [0.4, 0.5) is 8.78 Å². The first-order chi connectivity index (χ1) is 14.6. The molecule has 30 heavy (non-hydrogen) atoms. The van der Waals surface area contributed by atoms with Gasteiger partial charge in [-0.3, -0.25) is 0 Å². The normalized spacial score (nSPS) is 19.0. The third kappa shape index (κ3) is 5.78. The van der Waals surface area contributed by atoms with Gasteiger partial charge in [-0.15, -0.1) is 6.58 Å². The molecule has 3 heteroatoms. The Morgan fingerprint density at radius 1 is 0.967 bits per heavy atom. The predicted octanol–water partition coefficient (Wildman–Crippen LogP) is 7.98. The highest BCUT2D eigenvalue weighted by Crippen LogP contribution is 2.37. The summed E-state index contributed by atoms with van der Waals surface area (Å²) in [5.41, 5.74) is 2.73. The predicted molar refractivity (Wildman–Crippen MR) is 121 cm³/mol. The van der Waals surface area contributed by atoms with E-state index in [1.165, 1.54) is 18.4 Å². The minimum Gasteiger partial charge on any atom is -0.378 e. The smallest absolute Gasteiger partial charge is 0.166 e. The Morgan fingerprint density at radius 3 is 2.37 bits per heavy atom. The summed E-state index contributed by atoms with van der Waals surface area (Å²) in [4.78, 5) is 0. The zero-order valence-electron chi connectivity index (χ0n) is 18.1. The van der Waals surface area contributed by atoms with Crippen molar-refractivity contribution in [3.8, 4) is 11.1 Å². The van der Waals surface area contributed by atoms with E-state index in [0.717, 1.165) is 51.6 Å². The topological polar surface area (TPSA) is 9.23 Å². The van der Waals surface area contributed by atoms with Gasteiger partial charge in [-0.25, -0.2) is 8.78 Å². The number of halogens is 2. The summed E-state index contributed by atoms with van der Waals surface area (Å²) >= 11 is 0. The van der Waals surface area contributed by atoms with Gasteiger partial charge in [0, 0.05) is 12.2 Å². The van der Waals surface area contributed by atoms with E-state index in [9.17, 15) is 8.78 Å². The molecule has 0 heterocycles. The highest BCUT2D eigenvalue weighted by Gasteiger charge is 2.26. The Hall–Kier alpha value is -2.00. The van der Waals surface area contributed by atoms with Crippen molar-refractivity contribution in [2.75, 3.05) is 6.61 Å². The quantitative estimate of drug-likeness (QED) is 0.284. The number of unbranched alkanes of at least 4 members (excludes halogenated alkanes) is 2. The van der Waals surface area contributed by atoms with E-state index in [2.05, 4.69) is 13.5 Å². The van der Waals surface area contributed by atoms with Crippen LogP contribution in [0.2, 0.25) is 0 Å². The van der Waals surface area contributed by atoms with Crippen LogP contribution in [0, 0.1) is 11.6 Å². The molecule has 0 unspecified atom stereocenters. The second-order valence-electron chi connectivity index (χ2n) is 8.41. The number of ether oxygens (including phenoxy) is 1. The van der Waals surface area contributed by atoms with Crippen LogP contribution in [-0.4, -0.2) is 12.7 Å². The Bertz CT molecular complexity index is 804. The highest BCUT2D eigenvalue weighted by molar-refractivity contribution is 5.65. The summed E-state index contributed by atoms with van der Waals surface area (Å²) in [5, 5.41) is 0. The average Bonchev–Trinajstić information content (AvgIpc) is 2.78. The number of hydrogen-bond acceptors (Lipinski definition) is 1. The number of aryl methyl sites for hydroxylation is 1. The van der Waals surface area contributed by atoms with E-state index in [4.69, 9.17) is 4.74 Å².